The first-order valence-electron chi connectivity index (χ1n) is 5.93. The summed E-state index contributed by atoms with van der Waals surface area (Å²) in [6, 6.07) is 10.2. The maximum atomic E-state index is 5.95. The number of hydrogen-bond acceptors (Lipinski definition) is 3. The smallest absolute Gasteiger partial charge is 0.140 e. The van der Waals surface area contributed by atoms with Gasteiger partial charge in [0.25, 0.3) is 0 Å². The van der Waals surface area contributed by atoms with Crippen molar-refractivity contribution in [1.82, 2.24) is 9.97 Å². The largest absolute Gasteiger partial charge is 0.383 e. The molecule has 2 rings (SSSR count). The van der Waals surface area contributed by atoms with Gasteiger partial charge in [-0.25, -0.2) is 9.97 Å². The second-order valence-corrected chi connectivity index (χ2v) is 5.62. The first kappa shape index (κ1) is 13.3. The number of nitrogen functional groups attached to an aromatic ring is 1. The van der Waals surface area contributed by atoms with E-state index < -0.39 is 0 Å². The summed E-state index contributed by atoms with van der Waals surface area (Å²) in [5.74, 6) is 1.74. The van der Waals surface area contributed by atoms with Crippen LogP contribution in [-0.4, -0.2) is 9.97 Å². The summed E-state index contributed by atoms with van der Waals surface area (Å²) in [5, 5.41) is 0. The molecule has 4 heteroatoms. The van der Waals surface area contributed by atoms with Crippen LogP contribution in [0.2, 0.25) is 0 Å². The number of rotatable bonds is 3. The number of halogens is 1. The van der Waals surface area contributed by atoms with Crippen LogP contribution in [0.1, 0.15) is 36.8 Å². The van der Waals surface area contributed by atoms with Crippen LogP contribution in [0.5, 0.6) is 0 Å². The Kier molecular flexibility index (Phi) is 4.16. The highest BCUT2D eigenvalue weighted by Gasteiger charge is 2.13. The van der Waals surface area contributed by atoms with Gasteiger partial charge < -0.3 is 5.73 Å². The van der Waals surface area contributed by atoms with Gasteiger partial charge in [-0.2, -0.15) is 0 Å². The van der Waals surface area contributed by atoms with Crippen molar-refractivity contribution >= 4 is 28.4 Å². The van der Waals surface area contributed by atoms with Crippen molar-refractivity contribution in [1.29, 1.82) is 0 Å². The van der Waals surface area contributed by atoms with Crippen LogP contribution in [0, 0.1) is 3.57 Å². The van der Waals surface area contributed by atoms with Crippen molar-refractivity contribution in [2.75, 3.05) is 5.73 Å². The quantitative estimate of drug-likeness (QED) is 0.861. The zero-order valence-electron chi connectivity index (χ0n) is 10.5. The van der Waals surface area contributed by atoms with Gasteiger partial charge in [-0.1, -0.05) is 44.2 Å². The highest BCUT2D eigenvalue weighted by atomic mass is 127. The molecule has 1 heterocycles. The Hall–Kier alpha value is -1.17. The van der Waals surface area contributed by atoms with Gasteiger partial charge in [0.15, 0.2) is 0 Å². The number of nitrogens with zero attached hydrogens (tertiary/aromatic N) is 2. The summed E-state index contributed by atoms with van der Waals surface area (Å²) in [6.45, 7) is 4.24. The van der Waals surface area contributed by atoms with Crippen LogP contribution >= 0.6 is 22.6 Å². The van der Waals surface area contributed by atoms with Gasteiger partial charge in [-0.05, 0) is 34.1 Å². The second-order valence-electron chi connectivity index (χ2n) is 4.54. The van der Waals surface area contributed by atoms with Crippen molar-refractivity contribution in [3.63, 3.8) is 0 Å². The molecule has 0 spiro atoms. The van der Waals surface area contributed by atoms with Crippen LogP contribution in [0.3, 0.4) is 0 Å². The summed E-state index contributed by atoms with van der Waals surface area (Å²) >= 11 is 2.22. The molecule has 2 aromatic rings. The maximum Gasteiger partial charge on any atom is 0.140 e. The standard InChI is InChI=1S/C14H16IN3/c1-9(2)13-12(15)14(16)18-11(17-13)8-10-6-4-3-5-7-10/h3-7,9H,8H2,1-2H3,(H2,16,17,18). The fourth-order valence-corrected chi connectivity index (χ4v) is 2.64. The highest BCUT2D eigenvalue weighted by molar-refractivity contribution is 14.1. The second kappa shape index (κ2) is 5.65. The lowest BCUT2D eigenvalue weighted by molar-refractivity contribution is 0.785. The molecule has 0 radical (unpaired) electrons. The minimum atomic E-state index is 0.358. The average molecular weight is 353 g/mol. The molecule has 0 bridgehead atoms. The van der Waals surface area contributed by atoms with Crippen molar-refractivity contribution < 1.29 is 0 Å². The van der Waals surface area contributed by atoms with Crippen LogP contribution in [0.4, 0.5) is 5.82 Å². The molecule has 0 saturated carbocycles. The van der Waals surface area contributed by atoms with E-state index in [2.05, 4.69) is 58.5 Å². The topological polar surface area (TPSA) is 51.8 Å². The normalized spacial score (nSPS) is 10.9. The molecule has 0 aliphatic carbocycles. The molecule has 0 saturated heterocycles. The van der Waals surface area contributed by atoms with Crippen molar-refractivity contribution in [2.45, 2.75) is 26.2 Å². The lowest BCUT2D eigenvalue weighted by Crippen LogP contribution is -2.09. The number of hydrogen-bond donors (Lipinski definition) is 1. The van der Waals surface area contributed by atoms with Crippen LogP contribution < -0.4 is 5.73 Å². The Morgan fingerprint density at radius 3 is 2.44 bits per heavy atom. The summed E-state index contributed by atoms with van der Waals surface area (Å²) in [5.41, 5.74) is 8.19. The van der Waals surface area contributed by atoms with E-state index in [0.717, 1.165) is 21.5 Å². The van der Waals surface area contributed by atoms with E-state index in [0.29, 0.717) is 11.7 Å². The van der Waals surface area contributed by atoms with Gasteiger partial charge >= 0.3 is 0 Å². The molecule has 1 aromatic carbocycles. The van der Waals surface area contributed by atoms with E-state index in [1.54, 1.807) is 0 Å². The minimum absolute atomic E-state index is 0.358. The van der Waals surface area contributed by atoms with E-state index in [1.165, 1.54) is 5.56 Å². The Balaban J connectivity index is 2.35. The number of benzene rings is 1. The Bertz CT molecular complexity index is 538. The molecule has 0 unspecified atom stereocenters. The Labute approximate surface area is 121 Å². The first-order chi connectivity index (χ1) is 8.58. The third kappa shape index (κ3) is 2.98. The fourth-order valence-electron chi connectivity index (χ4n) is 1.77. The van der Waals surface area contributed by atoms with Crippen LogP contribution in [0.25, 0.3) is 0 Å². The van der Waals surface area contributed by atoms with Gasteiger partial charge in [0, 0.05) is 6.42 Å². The van der Waals surface area contributed by atoms with E-state index in [9.17, 15) is 0 Å². The number of anilines is 1. The summed E-state index contributed by atoms with van der Waals surface area (Å²) in [6.07, 6.45) is 0.724. The average Bonchev–Trinajstić information content (AvgIpc) is 2.34. The van der Waals surface area contributed by atoms with Gasteiger partial charge in [0.2, 0.25) is 0 Å². The highest BCUT2D eigenvalue weighted by Crippen LogP contribution is 2.23. The van der Waals surface area contributed by atoms with Gasteiger partial charge in [0.1, 0.15) is 11.6 Å². The molecule has 0 aliphatic rings. The van der Waals surface area contributed by atoms with Crippen LogP contribution in [-0.2, 0) is 6.42 Å². The predicted molar refractivity (Wildman–Crippen MR) is 82.5 cm³/mol. The zero-order valence-corrected chi connectivity index (χ0v) is 12.7. The van der Waals surface area contributed by atoms with E-state index in [1.807, 2.05) is 18.2 Å². The SMILES string of the molecule is CC(C)c1nc(Cc2ccccc2)nc(N)c1I. The number of aromatic nitrogens is 2. The van der Waals surface area contributed by atoms with Gasteiger partial charge in [-0.15, -0.1) is 0 Å². The van der Waals surface area contributed by atoms with E-state index in [-0.39, 0.29) is 0 Å². The summed E-state index contributed by atoms with van der Waals surface area (Å²) < 4.78 is 0.972. The molecule has 18 heavy (non-hydrogen) atoms. The van der Waals surface area contributed by atoms with Gasteiger partial charge in [-0.3, -0.25) is 0 Å². The molecule has 0 atom stereocenters. The van der Waals surface area contributed by atoms with E-state index in [4.69, 9.17) is 5.73 Å². The molecular weight excluding hydrogens is 337 g/mol. The van der Waals surface area contributed by atoms with Gasteiger partial charge in [0.05, 0.1) is 9.26 Å². The molecule has 0 amide bonds. The summed E-state index contributed by atoms with van der Waals surface area (Å²) in [4.78, 5) is 9.00. The third-order valence-corrected chi connectivity index (χ3v) is 3.81. The molecule has 1 aromatic heterocycles. The van der Waals surface area contributed by atoms with Crippen molar-refractivity contribution in [2.24, 2.45) is 0 Å². The minimum Gasteiger partial charge on any atom is -0.383 e. The number of nitrogens with two attached hydrogens (primary N) is 1. The third-order valence-electron chi connectivity index (χ3n) is 2.70. The molecule has 0 aliphatic heterocycles. The molecule has 2 N–H and O–H groups in total. The summed E-state index contributed by atoms with van der Waals surface area (Å²) in [7, 11) is 0. The monoisotopic (exact) mass is 353 g/mol. The molecule has 3 nitrogen and oxygen atoms in total. The lowest BCUT2D eigenvalue weighted by atomic mass is 10.1. The predicted octanol–water partition coefficient (Wildman–Crippen LogP) is 3.38. The zero-order chi connectivity index (χ0) is 13.1. The maximum absolute atomic E-state index is 5.95. The fraction of sp³-hybridized carbons (Fsp3) is 0.286. The van der Waals surface area contributed by atoms with Crippen molar-refractivity contribution in [3.8, 4) is 0 Å². The molecule has 94 valence electrons. The Morgan fingerprint density at radius 2 is 1.83 bits per heavy atom. The molecule has 0 fully saturated rings. The first-order valence-corrected chi connectivity index (χ1v) is 7.01. The van der Waals surface area contributed by atoms with Crippen molar-refractivity contribution in [3.05, 3.63) is 51.0 Å². The van der Waals surface area contributed by atoms with E-state index >= 15 is 0 Å². The Morgan fingerprint density at radius 1 is 1.17 bits per heavy atom. The molecular formula is C14H16IN3. The lowest BCUT2D eigenvalue weighted by Gasteiger charge is -2.11. The van der Waals surface area contributed by atoms with Crippen LogP contribution in [0.15, 0.2) is 30.3 Å².